The third-order valence-electron chi connectivity index (χ3n) is 3.66. The van der Waals surface area contributed by atoms with Gasteiger partial charge in [-0.15, -0.1) is 0 Å². The molecule has 0 aliphatic carbocycles. The van der Waals surface area contributed by atoms with Crippen molar-refractivity contribution in [3.63, 3.8) is 0 Å². The van der Waals surface area contributed by atoms with Gasteiger partial charge in [-0.3, -0.25) is 0 Å². The van der Waals surface area contributed by atoms with E-state index in [2.05, 4.69) is 26.1 Å². The van der Waals surface area contributed by atoms with E-state index in [1.54, 1.807) is 0 Å². The molecule has 0 aromatic heterocycles. The summed E-state index contributed by atoms with van der Waals surface area (Å²) in [6.07, 6.45) is 1.90. The van der Waals surface area contributed by atoms with E-state index < -0.39 is 6.10 Å². The molecule has 2 N–H and O–H groups in total. The Morgan fingerprint density at radius 2 is 2.00 bits per heavy atom. The summed E-state index contributed by atoms with van der Waals surface area (Å²) in [5.41, 5.74) is 0.447. The van der Waals surface area contributed by atoms with Crippen LogP contribution >= 0.6 is 11.8 Å². The molecule has 0 radical (unpaired) electrons. The number of hydrogen-bond acceptors (Lipinski definition) is 4. The third-order valence-corrected chi connectivity index (χ3v) is 5.22. The second-order valence-electron chi connectivity index (χ2n) is 6.41. The Hall–Kier alpha value is -0.710. The van der Waals surface area contributed by atoms with Crippen LogP contribution in [0.1, 0.15) is 33.6 Å². The lowest BCUT2D eigenvalue weighted by Crippen LogP contribution is -2.32. The molecule has 0 amide bonds. The SMILES string of the molecule is CCC(C)(C)CSCCCNCC(O)COc1ccccc1. The largest absolute Gasteiger partial charge is 0.491 e. The number of benzene rings is 1. The maximum Gasteiger partial charge on any atom is 0.119 e. The number of aliphatic hydroxyl groups excluding tert-OH is 1. The second kappa shape index (κ2) is 10.9. The van der Waals surface area contributed by atoms with E-state index >= 15 is 0 Å². The van der Waals surface area contributed by atoms with E-state index in [9.17, 15) is 5.11 Å². The zero-order chi connectivity index (χ0) is 16.3. The first kappa shape index (κ1) is 19.3. The summed E-state index contributed by atoms with van der Waals surface area (Å²) in [5.74, 6) is 3.20. The molecule has 1 aromatic rings. The summed E-state index contributed by atoms with van der Waals surface area (Å²) in [7, 11) is 0. The molecule has 0 saturated carbocycles. The minimum absolute atomic E-state index is 0.330. The minimum atomic E-state index is -0.466. The van der Waals surface area contributed by atoms with Gasteiger partial charge in [0.05, 0.1) is 0 Å². The molecule has 0 saturated heterocycles. The summed E-state index contributed by atoms with van der Waals surface area (Å²) in [6.45, 7) is 8.75. The fraction of sp³-hybridized carbons (Fsp3) is 0.667. The lowest BCUT2D eigenvalue weighted by atomic mass is 9.93. The van der Waals surface area contributed by atoms with Crippen molar-refractivity contribution >= 4 is 11.8 Å². The highest BCUT2D eigenvalue weighted by Crippen LogP contribution is 2.25. The molecule has 126 valence electrons. The predicted molar refractivity (Wildman–Crippen MR) is 96.8 cm³/mol. The highest BCUT2D eigenvalue weighted by molar-refractivity contribution is 7.99. The standard InChI is InChI=1S/C18H31NO2S/c1-4-18(2,3)15-22-12-8-11-19-13-16(20)14-21-17-9-6-5-7-10-17/h5-7,9-10,16,19-20H,4,8,11-15H2,1-3H3. The number of rotatable bonds is 12. The normalized spacial score (nSPS) is 13.1. The molecule has 4 heteroatoms. The molecule has 1 aromatic carbocycles. The van der Waals surface area contributed by atoms with Gasteiger partial charge in [0.2, 0.25) is 0 Å². The topological polar surface area (TPSA) is 41.5 Å². The maximum atomic E-state index is 9.86. The van der Waals surface area contributed by atoms with Gasteiger partial charge in [0.25, 0.3) is 0 Å². The summed E-state index contributed by atoms with van der Waals surface area (Å²) < 4.78 is 5.52. The number of aliphatic hydroxyl groups is 1. The first-order valence-corrected chi connectivity index (χ1v) is 9.33. The van der Waals surface area contributed by atoms with Crippen LogP contribution in [0.15, 0.2) is 30.3 Å². The smallest absolute Gasteiger partial charge is 0.119 e. The highest BCUT2D eigenvalue weighted by atomic mass is 32.2. The average molecular weight is 326 g/mol. The van der Waals surface area contributed by atoms with Crippen LogP contribution in [0, 0.1) is 5.41 Å². The van der Waals surface area contributed by atoms with Crippen molar-refractivity contribution in [3.05, 3.63) is 30.3 Å². The maximum absolute atomic E-state index is 9.86. The zero-order valence-corrected chi connectivity index (χ0v) is 15.0. The van der Waals surface area contributed by atoms with Crippen LogP contribution in [0.2, 0.25) is 0 Å². The molecule has 22 heavy (non-hydrogen) atoms. The van der Waals surface area contributed by atoms with E-state index in [0.29, 0.717) is 18.6 Å². The number of ether oxygens (including phenoxy) is 1. The van der Waals surface area contributed by atoms with Gasteiger partial charge in [-0.1, -0.05) is 45.4 Å². The van der Waals surface area contributed by atoms with Crippen molar-refractivity contribution in [2.75, 3.05) is 31.2 Å². The molecular weight excluding hydrogens is 294 g/mol. The molecule has 0 spiro atoms. The lowest BCUT2D eigenvalue weighted by Gasteiger charge is -2.21. The molecule has 0 heterocycles. The quantitative estimate of drug-likeness (QED) is 0.576. The van der Waals surface area contributed by atoms with Crippen LogP contribution in [0.3, 0.4) is 0 Å². The Labute approximate surface area is 139 Å². The van der Waals surface area contributed by atoms with E-state index in [1.807, 2.05) is 42.1 Å². The monoisotopic (exact) mass is 325 g/mol. The number of thioether (sulfide) groups is 1. The van der Waals surface area contributed by atoms with Crippen molar-refractivity contribution in [2.45, 2.75) is 39.7 Å². The van der Waals surface area contributed by atoms with E-state index in [-0.39, 0.29) is 0 Å². The number of hydrogen-bond donors (Lipinski definition) is 2. The molecule has 1 atom stereocenters. The molecule has 0 aliphatic rings. The summed E-state index contributed by atoms with van der Waals surface area (Å²) in [5, 5.41) is 13.1. The Kier molecular flexibility index (Phi) is 9.60. The molecular formula is C18H31NO2S. The molecule has 3 nitrogen and oxygen atoms in total. The van der Waals surface area contributed by atoms with Crippen LogP contribution in [-0.4, -0.2) is 42.4 Å². The molecule has 0 aliphatic heterocycles. The predicted octanol–water partition coefficient (Wildman–Crippen LogP) is 3.58. The summed E-state index contributed by atoms with van der Waals surface area (Å²) >= 11 is 2.02. The Morgan fingerprint density at radius 3 is 2.68 bits per heavy atom. The second-order valence-corrected chi connectivity index (χ2v) is 7.51. The highest BCUT2D eigenvalue weighted by Gasteiger charge is 2.14. The Balaban J connectivity index is 1.96. The van der Waals surface area contributed by atoms with Gasteiger partial charge in [0.15, 0.2) is 0 Å². The third kappa shape index (κ3) is 9.34. The van der Waals surface area contributed by atoms with Crippen LogP contribution in [0.25, 0.3) is 0 Å². The molecule has 1 rings (SSSR count). The number of nitrogens with one attached hydrogen (secondary N) is 1. The Morgan fingerprint density at radius 1 is 1.27 bits per heavy atom. The van der Waals surface area contributed by atoms with Crippen LogP contribution in [0.4, 0.5) is 0 Å². The molecule has 0 bridgehead atoms. The van der Waals surface area contributed by atoms with Crippen LogP contribution in [0.5, 0.6) is 5.75 Å². The fourth-order valence-electron chi connectivity index (χ4n) is 1.79. The van der Waals surface area contributed by atoms with E-state index in [1.165, 1.54) is 17.9 Å². The average Bonchev–Trinajstić information content (AvgIpc) is 2.53. The summed E-state index contributed by atoms with van der Waals surface area (Å²) in [6, 6.07) is 9.60. The molecule has 0 fully saturated rings. The molecule has 1 unspecified atom stereocenters. The van der Waals surface area contributed by atoms with Crippen molar-refractivity contribution in [1.29, 1.82) is 0 Å². The van der Waals surface area contributed by atoms with Crippen molar-refractivity contribution in [2.24, 2.45) is 5.41 Å². The lowest BCUT2D eigenvalue weighted by molar-refractivity contribution is 0.106. The minimum Gasteiger partial charge on any atom is -0.491 e. The van der Waals surface area contributed by atoms with Crippen molar-refractivity contribution in [3.8, 4) is 5.75 Å². The fourth-order valence-corrected chi connectivity index (χ4v) is 3.04. The van der Waals surface area contributed by atoms with Crippen LogP contribution < -0.4 is 10.1 Å². The zero-order valence-electron chi connectivity index (χ0n) is 14.2. The van der Waals surface area contributed by atoms with Crippen LogP contribution in [-0.2, 0) is 0 Å². The van der Waals surface area contributed by atoms with Gasteiger partial charge in [0.1, 0.15) is 18.5 Å². The van der Waals surface area contributed by atoms with Gasteiger partial charge in [0, 0.05) is 6.54 Å². The first-order chi connectivity index (χ1) is 10.5. The Bertz CT molecular complexity index is 384. The van der Waals surface area contributed by atoms with Gasteiger partial charge in [-0.05, 0) is 42.0 Å². The van der Waals surface area contributed by atoms with Gasteiger partial charge in [-0.25, -0.2) is 0 Å². The van der Waals surface area contributed by atoms with Crippen molar-refractivity contribution < 1.29 is 9.84 Å². The van der Waals surface area contributed by atoms with E-state index in [0.717, 1.165) is 18.7 Å². The van der Waals surface area contributed by atoms with E-state index in [4.69, 9.17) is 4.74 Å². The van der Waals surface area contributed by atoms with Gasteiger partial charge in [-0.2, -0.15) is 11.8 Å². The first-order valence-electron chi connectivity index (χ1n) is 8.18. The van der Waals surface area contributed by atoms with Gasteiger partial charge >= 0.3 is 0 Å². The summed E-state index contributed by atoms with van der Waals surface area (Å²) in [4.78, 5) is 0. The van der Waals surface area contributed by atoms with Crippen molar-refractivity contribution in [1.82, 2.24) is 5.32 Å². The van der Waals surface area contributed by atoms with Gasteiger partial charge < -0.3 is 15.2 Å². The number of para-hydroxylation sites is 1.